The summed E-state index contributed by atoms with van der Waals surface area (Å²) in [4.78, 5) is 0. The minimum absolute atomic E-state index is 0.233. The van der Waals surface area contributed by atoms with Crippen molar-refractivity contribution in [1.29, 1.82) is 0 Å². The van der Waals surface area contributed by atoms with Gasteiger partial charge in [0.1, 0.15) is 0 Å². The lowest BCUT2D eigenvalue weighted by molar-refractivity contribution is 0.269. The van der Waals surface area contributed by atoms with Gasteiger partial charge in [-0.1, -0.05) is 47.8 Å². The third-order valence-electron chi connectivity index (χ3n) is 2.96. The second-order valence-corrected chi connectivity index (χ2v) is 6.76. The summed E-state index contributed by atoms with van der Waals surface area (Å²) in [5.41, 5.74) is 2.41. The van der Waals surface area contributed by atoms with E-state index in [-0.39, 0.29) is 5.41 Å². The first-order valence-corrected chi connectivity index (χ1v) is 6.96. The molecule has 18 heavy (non-hydrogen) atoms. The Balaban J connectivity index is 4.18. The van der Waals surface area contributed by atoms with Crippen LogP contribution >= 0.6 is 0 Å². The molecule has 0 saturated carbocycles. The van der Waals surface area contributed by atoms with Gasteiger partial charge in [-0.05, 0) is 31.1 Å². The van der Waals surface area contributed by atoms with Crippen molar-refractivity contribution < 1.29 is 0 Å². The topological polar surface area (TPSA) is 24.1 Å². The molecule has 0 aromatic carbocycles. The Morgan fingerprint density at radius 2 is 1.72 bits per heavy atom. The van der Waals surface area contributed by atoms with E-state index in [1.807, 2.05) is 6.92 Å². The molecule has 106 valence electrons. The van der Waals surface area contributed by atoms with Gasteiger partial charge >= 0.3 is 0 Å². The van der Waals surface area contributed by atoms with Gasteiger partial charge in [-0.3, -0.25) is 0 Å². The SMILES string of the molecule is C=C(C)NC(CCC(=C)NCC(C)C)C(C)(C)C. The fourth-order valence-corrected chi connectivity index (χ4v) is 1.77. The molecule has 0 aliphatic heterocycles. The Hall–Kier alpha value is -0.920. The lowest BCUT2D eigenvalue weighted by Gasteiger charge is -2.33. The van der Waals surface area contributed by atoms with Crippen LogP contribution in [0.5, 0.6) is 0 Å². The molecule has 0 fully saturated rings. The number of rotatable bonds is 8. The largest absolute Gasteiger partial charge is 0.389 e. The Kier molecular flexibility index (Phi) is 7.12. The van der Waals surface area contributed by atoms with Crippen LogP contribution in [0.3, 0.4) is 0 Å². The van der Waals surface area contributed by atoms with E-state index in [1.165, 1.54) is 0 Å². The number of nitrogens with one attached hydrogen (secondary N) is 2. The second-order valence-electron chi connectivity index (χ2n) is 6.76. The number of hydrogen-bond acceptors (Lipinski definition) is 2. The Morgan fingerprint density at radius 3 is 2.11 bits per heavy atom. The summed E-state index contributed by atoms with van der Waals surface area (Å²) in [6, 6.07) is 0.438. The zero-order valence-electron chi connectivity index (χ0n) is 13.2. The van der Waals surface area contributed by atoms with Gasteiger partial charge in [0.25, 0.3) is 0 Å². The predicted octanol–water partition coefficient (Wildman–Crippen LogP) is 4.06. The highest BCUT2D eigenvalue weighted by Gasteiger charge is 2.23. The summed E-state index contributed by atoms with van der Waals surface area (Å²) in [7, 11) is 0. The van der Waals surface area contributed by atoms with Crippen molar-refractivity contribution >= 4 is 0 Å². The average Bonchev–Trinajstić information content (AvgIpc) is 2.19. The molecular formula is C16H32N2. The zero-order valence-corrected chi connectivity index (χ0v) is 13.2. The molecule has 0 aromatic heterocycles. The Labute approximate surface area is 114 Å². The van der Waals surface area contributed by atoms with E-state index < -0.39 is 0 Å². The van der Waals surface area contributed by atoms with Crippen molar-refractivity contribution in [2.75, 3.05) is 6.54 Å². The molecule has 0 rings (SSSR count). The first-order chi connectivity index (χ1) is 8.12. The summed E-state index contributed by atoms with van der Waals surface area (Å²) in [6.45, 7) is 22.3. The van der Waals surface area contributed by atoms with Crippen molar-refractivity contribution in [2.45, 2.75) is 60.4 Å². The second kappa shape index (κ2) is 7.50. The molecule has 1 unspecified atom stereocenters. The highest BCUT2D eigenvalue weighted by Crippen LogP contribution is 2.24. The summed E-state index contributed by atoms with van der Waals surface area (Å²) < 4.78 is 0. The van der Waals surface area contributed by atoms with Crippen LogP contribution < -0.4 is 10.6 Å². The van der Waals surface area contributed by atoms with E-state index in [0.717, 1.165) is 30.8 Å². The third kappa shape index (κ3) is 8.21. The molecule has 2 N–H and O–H groups in total. The maximum absolute atomic E-state index is 4.10. The minimum Gasteiger partial charge on any atom is -0.389 e. The number of allylic oxidation sites excluding steroid dienone is 2. The van der Waals surface area contributed by atoms with Gasteiger partial charge in [-0.25, -0.2) is 0 Å². The molecule has 0 amide bonds. The van der Waals surface area contributed by atoms with Crippen LogP contribution in [0.15, 0.2) is 24.6 Å². The van der Waals surface area contributed by atoms with Crippen LogP contribution in [-0.4, -0.2) is 12.6 Å². The highest BCUT2D eigenvalue weighted by molar-refractivity contribution is 4.97. The fourth-order valence-electron chi connectivity index (χ4n) is 1.77. The molecule has 2 nitrogen and oxygen atoms in total. The standard InChI is InChI=1S/C16H32N2/c1-12(2)11-17-14(5)9-10-15(16(6,7)8)18-13(3)4/h12,15,17-18H,3,5,9-11H2,1-2,4,6-8H3. The zero-order chi connectivity index (χ0) is 14.3. The van der Waals surface area contributed by atoms with Crippen LogP contribution in [0.2, 0.25) is 0 Å². The van der Waals surface area contributed by atoms with Gasteiger partial charge in [0, 0.05) is 24.0 Å². The quantitative estimate of drug-likeness (QED) is 0.680. The maximum Gasteiger partial charge on any atom is 0.0310 e. The summed E-state index contributed by atoms with van der Waals surface area (Å²) in [5.74, 6) is 0.661. The monoisotopic (exact) mass is 252 g/mol. The van der Waals surface area contributed by atoms with Crippen LogP contribution in [0.4, 0.5) is 0 Å². The van der Waals surface area contributed by atoms with Gasteiger partial charge in [0.15, 0.2) is 0 Å². The van der Waals surface area contributed by atoms with Gasteiger partial charge in [-0.2, -0.15) is 0 Å². The first-order valence-electron chi connectivity index (χ1n) is 6.96. The van der Waals surface area contributed by atoms with Gasteiger partial charge in [0.05, 0.1) is 0 Å². The molecule has 0 spiro atoms. The lowest BCUT2D eigenvalue weighted by atomic mass is 9.83. The molecule has 2 heteroatoms. The van der Waals surface area contributed by atoms with Crippen molar-refractivity contribution in [3.8, 4) is 0 Å². The van der Waals surface area contributed by atoms with E-state index in [1.54, 1.807) is 0 Å². The lowest BCUT2D eigenvalue weighted by Crippen LogP contribution is -2.39. The van der Waals surface area contributed by atoms with Gasteiger partial charge in [0.2, 0.25) is 0 Å². The molecule has 0 aliphatic rings. The van der Waals surface area contributed by atoms with E-state index >= 15 is 0 Å². The molecule has 0 aliphatic carbocycles. The van der Waals surface area contributed by atoms with Crippen molar-refractivity contribution in [3.63, 3.8) is 0 Å². The van der Waals surface area contributed by atoms with Crippen molar-refractivity contribution in [1.82, 2.24) is 10.6 Å². The van der Waals surface area contributed by atoms with Crippen LogP contribution in [0.25, 0.3) is 0 Å². The van der Waals surface area contributed by atoms with Crippen LogP contribution in [0.1, 0.15) is 54.4 Å². The predicted molar refractivity (Wildman–Crippen MR) is 82.4 cm³/mol. The van der Waals surface area contributed by atoms with Gasteiger partial charge < -0.3 is 10.6 Å². The van der Waals surface area contributed by atoms with Gasteiger partial charge in [-0.15, -0.1) is 0 Å². The Morgan fingerprint density at radius 1 is 1.17 bits per heavy atom. The van der Waals surface area contributed by atoms with E-state index in [0.29, 0.717) is 12.0 Å². The average molecular weight is 252 g/mol. The number of hydrogen-bond donors (Lipinski definition) is 2. The summed E-state index contributed by atoms with van der Waals surface area (Å²) in [6.07, 6.45) is 2.09. The van der Waals surface area contributed by atoms with Crippen LogP contribution in [-0.2, 0) is 0 Å². The molecule has 0 radical (unpaired) electrons. The van der Waals surface area contributed by atoms with Crippen molar-refractivity contribution in [3.05, 3.63) is 24.6 Å². The maximum atomic E-state index is 4.10. The molecule has 1 atom stereocenters. The normalized spacial score (nSPS) is 13.3. The van der Waals surface area contributed by atoms with E-state index in [4.69, 9.17) is 0 Å². The van der Waals surface area contributed by atoms with Crippen molar-refractivity contribution in [2.24, 2.45) is 11.3 Å². The fraction of sp³-hybridized carbons (Fsp3) is 0.750. The molecule has 0 saturated heterocycles. The highest BCUT2D eigenvalue weighted by atomic mass is 14.9. The van der Waals surface area contributed by atoms with Crippen LogP contribution in [0, 0.1) is 11.3 Å². The molecule has 0 bridgehead atoms. The van der Waals surface area contributed by atoms with E-state index in [2.05, 4.69) is 58.4 Å². The smallest absolute Gasteiger partial charge is 0.0310 e. The van der Waals surface area contributed by atoms with E-state index in [9.17, 15) is 0 Å². The molecular weight excluding hydrogens is 220 g/mol. The summed E-state index contributed by atoms with van der Waals surface area (Å²) >= 11 is 0. The minimum atomic E-state index is 0.233. The first kappa shape index (κ1) is 17.1. The Bertz CT molecular complexity index is 271. The molecule has 0 aromatic rings. The third-order valence-corrected chi connectivity index (χ3v) is 2.96. The summed E-state index contributed by atoms with van der Waals surface area (Å²) in [5, 5.41) is 6.87. The molecule has 0 heterocycles.